The van der Waals surface area contributed by atoms with Gasteiger partial charge in [-0.3, -0.25) is 4.98 Å². The van der Waals surface area contributed by atoms with Crippen LogP contribution in [-0.2, 0) is 6.54 Å². The SMILES string of the molecule is CC1CCN(CC(O)CNCc2ccncc2)CC1. The van der Waals surface area contributed by atoms with Crippen LogP contribution in [0, 0.1) is 5.92 Å². The molecule has 1 fully saturated rings. The van der Waals surface area contributed by atoms with Crippen LogP contribution in [0.3, 0.4) is 0 Å². The lowest BCUT2D eigenvalue weighted by molar-refractivity contribution is 0.0907. The van der Waals surface area contributed by atoms with Crippen LogP contribution in [0.15, 0.2) is 24.5 Å². The van der Waals surface area contributed by atoms with Gasteiger partial charge in [-0.15, -0.1) is 0 Å². The average Bonchev–Trinajstić information content (AvgIpc) is 2.43. The van der Waals surface area contributed by atoms with E-state index >= 15 is 0 Å². The Morgan fingerprint density at radius 1 is 1.37 bits per heavy atom. The predicted octanol–water partition coefficient (Wildman–Crippen LogP) is 1.26. The quantitative estimate of drug-likeness (QED) is 0.811. The van der Waals surface area contributed by atoms with Gasteiger partial charge in [-0.25, -0.2) is 0 Å². The Kier molecular flexibility index (Phi) is 5.76. The zero-order valence-electron chi connectivity index (χ0n) is 11.8. The van der Waals surface area contributed by atoms with Crippen molar-refractivity contribution in [2.45, 2.75) is 32.4 Å². The Bertz CT molecular complexity index is 350. The molecule has 2 N–H and O–H groups in total. The molecule has 1 aromatic rings. The summed E-state index contributed by atoms with van der Waals surface area (Å²) in [7, 11) is 0. The molecule has 1 aliphatic heterocycles. The second-order valence-electron chi connectivity index (χ2n) is 5.62. The zero-order chi connectivity index (χ0) is 13.5. The van der Waals surface area contributed by atoms with Gasteiger partial charge in [0.15, 0.2) is 0 Å². The minimum Gasteiger partial charge on any atom is -0.390 e. The number of aliphatic hydroxyl groups is 1. The summed E-state index contributed by atoms with van der Waals surface area (Å²) in [5.74, 6) is 0.846. The van der Waals surface area contributed by atoms with Crippen molar-refractivity contribution in [2.24, 2.45) is 5.92 Å². The van der Waals surface area contributed by atoms with E-state index < -0.39 is 0 Å². The highest BCUT2D eigenvalue weighted by molar-refractivity contribution is 5.08. The van der Waals surface area contributed by atoms with E-state index in [1.807, 2.05) is 12.1 Å². The second-order valence-corrected chi connectivity index (χ2v) is 5.62. The summed E-state index contributed by atoms with van der Waals surface area (Å²) in [5.41, 5.74) is 1.20. The highest BCUT2D eigenvalue weighted by atomic mass is 16.3. The van der Waals surface area contributed by atoms with Crippen molar-refractivity contribution in [1.29, 1.82) is 0 Å². The van der Waals surface area contributed by atoms with Crippen LogP contribution in [0.2, 0.25) is 0 Å². The lowest BCUT2D eigenvalue weighted by Crippen LogP contribution is -2.41. The molecule has 2 rings (SSSR count). The molecule has 1 saturated heterocycles. The number of nitrogens with one attached hydrogen (secondary N) is 1. The van der Waals surface area contributed by atoms with Crippen LogP contribution in [0.25, 0.3) is 0 Å². The minimum absolute atomic E-state index is 0.282. The van der Waals surface area contributed by atoms with E-state index in [9.17, 15) is 5.11 Å². The first-order valence-corrected chi connectivity index (χ1v) is 7.24. The average molecular weight is 263 g/mol. The zero-order valence-corrected chi connectivity index (χ0v) is 11.8. The lowest BCUT2D eigenvalue weighted by Gasteiger charge is -2.31. The molecule has 106 valence electrons. The Balaban J connectivity index is 1.61. The fourth-order valence-electron chi connectivity index (χ4n) is 2.49. The summed E-state index contributed by atoms with van der Waals surface area (Å²) in [6.45, 7) is 6.79. The molecule has 0 radical (unpaired) electrons. The van der Waals surface area contributed by atoms with Crippen molar-refractivity contribution >= 4 is 0 Å². The summed E-state index contributed by atoms with van der Waals surface area (Å²) in [6.07, 6.45) is 5.83. The Hall–Kier alpha value is -0.970. The van der Waals surface area contributed by atoms with Gasteiger partial charge in [0.1, 0.15) is 0 Å². The molecule has 0 spiro atoms. The Morgan fingerprint density at radius 3 is 2.74 bits per heavy atom. The smallest absolute Gasteiger partial charge is 0.0791 e. The van der Waals surface area contributed by atoms with Gasteiger partial charge in [-0.05, 0) is 49.5 Å². The van der Waals surface area contributed by atoms with Crippen LogP contribution in [0.1, 0.15) is 25.3 Å². The molecule has 0 bridgehead atoms. The number of aliphatic hydroxyl groups excluding tert-OH is 1. The van der Waals surface area contributed by atoms with Crippen molar-refractivity contribution in [3.05, 3.63) is 30.1 Å². The number of rotatable bonds is 6. The van der Waals surface area contributed by atoms with E-state index in [-0.39, 0.29) is 6.10 Å². The van der Waals surface area contributed by atoms with Crippen LogP contribution >= 0.6 is 0 Å². The monoisotopic (exact) mass is 263 g/mol. The summed E-state index contributed by atoms with van der Waals surface area (Å²) >= 11 is 0. The van der Waals surface area contributed by atoms with E-state index in [4.69, 9.17) is 0 Å². The van der Waals surface area contributed by atoms with Crippen molar-refractivity contribution in [3.8, 4) is 0 Å². The molecule has 4 heteroatoms. The minimum atomic E-state index is -0.282. The number of likely N-dealkylation sites (tertiary alicyclic amines) is 1. The van der Waals surface area contributed by atoms with Crippen LogP contribution < -0.4 is 5.32 Å². The van der Waals surface area contributed by atoms with E-state index in [1.165, 1.54) is 18.4 Å². The molecule has 2 heterocycles. The maximum atomic E-state index is 10.0. The van der Waals surface area contributed by atoms with Gasteiger partial charge >= 0.3 is 0 Å². The van der Waals surface area contributed by atoms with E-state index in [2.05, 4.69) is 22.1 Å². The second kappa shape index (κ2) is 7.58. The lowest BCUT2D eigenvalue weighted by atomic mass is 9.99. The maximum Gasteiger partial charge on any atom is 0.0791 e. The normalized spacial score (nSPS) is 19.5. The number of piperidine rings is 1. The van der Waals surface area contributed by atoms with Gasteiger partial charge in [0.25, 0.3) is 0 Å². The molecule has 19 heavy (non-hydrogen) atoms. The Morgan fingerprint density at radius 2 is 2.05 bits per heavy atom. The van der Waals surface area contributed by atoms with Crippen LogP contribution in [-0.4, -0.2) is 47.3 Å². The van der Waals surface area contributed by atoms with Gasteiger partial charge in [-0.1, -0.05) is 6.92 Å². The molecule has 1 atom stereocenters. The number of nitrogens with zero attached hydrogens (tertiary/aromatic N) is 2. The third-order valence-electron chi connectivity index (χ3n) is 3.80. The fourth-order valence-corrected chi connectivity index (χ4v) is 2.49. The number of β-amino-alcohol motifs (C(OH)–C–C–N with tert-alkyl or cyclic N) is 1. The van der Waals surface area contributed by atoms with Gasteiger partial charge in [0.05, 0.1) is 6.10 Å². The summed E-state index contributed by atoms with van der Waals surface area (Å²) in [6, 6.07) is 3.98. The van der Waals surface area contributed by atoms with E-state index in [0.717, 1.165) is 32.1 Å². The molecular formula is C15H25N3O. The Labute approximate surface area is 115 Å². The summed E-state index contributed by atoms with van der Waals surface area (Å²) < 4.78 is 0. The van der Waals surface area contributed by atoms with Gasteiger partial charge < -0.3 is 15.3 Å². The molecule has 0 aromatic carbocycles. The first kappa shape index (κ1) is 14.4. The standard InChI is InChI=1S/C15H25N3O/c1-13-4-8-18(9-5-13)12-15(19)11-17-10-14-2-6-16-7-3-14/h2-3,6-7,13,15,17,19H,4-5,8-12H2,1H3. The van der Waals surface area contributed by atoms with Gasteiger partial charge in [0, 0.05) is 32.0 Å². The van der Waals surface area contributed by atoms with E-state index in [0.29, 0.717) is 6.54 Å². The number of aromatic nitrogens is 1. The molecule has 1 aliphatic rings. The first-order chi connectivity index (χ1) is 9.24. The molecule has 0 saturated carbocycles. The van der Waals surface area contributed by atoms with Crippen LogP contribution in [0.5, 0.6) is 0 Å². The van der Waals surface area contributed by atoms with Crippen LogP contribution in [0.4, 0.5) is 0 Å². The largest absolute Gasteiger partial charge is 0.390 e. The number of hydrogen-bond acceptors (Lipinski definition) is 4. The molecule has 0 aliphatic carbocycles. The van der Waals surface area contributed by atoms with Crippen molar-refractivity contribution < 1.29 is 5.11 Å². The summed E-state index contributed by atoms with van der Waals surface area (Å²) in [4.78, 5) is 6.36. The van der Waals surface area contributed by atoms with Crippen molar-refractivity contribution in [2.75, 3.05) is 26.2 Å². The van der Waals surface area contributed by atoms with Gasteiger partial charge in [0.2, 0.25) is 0 Å². The predicted molar refractivity (Wildman–Crippen MR) is 76.8 cm³/mol. The molecule has 0 amide bonds. The molecule has 1 unspecified atom stereocenters. The highest BCUT2D eigenvalue weighted by Gasteiger charge is 2.17. The van der Waals surface area contributed by atoms with Crippen molar-refractivity contribution in [1.82, 2.24) is 15.2 Å². The van der Waals surface area contributed by atoms with Crippen molar-refractivity contribution in [3.63, 3.8) is 0 Å². The van der Waals surface area contributed by atoms with E-state index in [1.54, 1.807) is 12.4 Å². The third-order valence-corrected chi connectivity index (χ3v) is 3.80. The molecule has 4 nitrogen and oxygen atoms in total. The highest BCUT2D eigenvalue weighted by Crippen LogP contribution is 2.15. The first-order valence-electron chi connectivity index (χ1n) is 7.24. The number of pyridine rings is 1. The van der Waals surface area contributed by atoms with Gasteiger partial charge in [-0.2, -0.15) is 0 Å². The topological polar surface area (TPSA) is 48.4 Å². The third kappa shape index (κ3) is 5.27. The molecule has 1 aromatic heterocycles. The number of hydrogen-bond donors (Lipinski definition) is 2. The molecular weight excluding hydrogens is 238 g/mol. The fraction of sp³-hybridized carbons (Fsp3) is 0.667. The maximum absolute atomic E-state index is 10.0. The summed E-state index contributed by atoms with van der Waals surface area (Å²) in [5, 5.41) is 13.3.